The molecule has 0 saturated carbocycles. The number of hydrogen-bond acceptors (Lipinski definition) is 6. The van der Waals surface area contributed by atoms with Crippen LogP contribution in [0.3, 0.4) is 0 Å². The molecular formula is C18H19N7O. The van der Waals surface area contributed by atoms with Gasteiger partial charge in [0, 0.05) is 26.2 Å². The second kappa shape index (κ2) is 6.98. The third-order valence-electron chi connectivity index (χ3n) is 4.53. The maximum Gasteiger partial charge on any atom is 0.293 e. The Morgan fingerprint density at radius 2 is 1.96 bits per heavy atom. The SMILES string of the molecule is N#CCn1ncc2nc(N3CCNCC3)n(Cc3ccccc3)c2c1=O. The summed E-state index contributed by atoms with van der Waals surface area (Å²) in [4.78, 5) is 19.8. The normalized spacial score (nSPS) is 14.5. The van der Waals surface area contributed by atoms with Crippen LogP contribution >= 0.6 is 0 Å². The summed E-state index contributed by atoms with van der Waals surface area (Å²) in [5.41, 5.74) is 1.86. The van der Waals surface area contributed by atoms with Crippen LogP contribution < -0.4 is 15.8 Å². The number of imidazole rings is 1. The van der Waals surface area contributed by atoms with Crippen molar-refractivity contribution in [1.82, 2.24) is 24.6 Å². The van der Waals surface area contributed by atoms with Crippen molar-refractivity contribution >= 4 is 17.0 Å². The fraction of sp³-hybridized carbons (Fsp3) is 0.333. The number of hydrogen-bond donors (Lipinski definition) is 1. The Hall–Kier alpha value is -3.18. The fourth-order valence-corrected chi connectivity index (χ4v) is 3.28. The molecule has 1 fully saturated rings. The average Bonchev–Trinajstić information content (AvgIpc) is 3.05. The molecule has 2 aromatic heterocycles. The van der Waals surface area contributed by atoms with Gasteiger partial charge < -0.3 is 14.8 Å². The molecule has 1 aromatic carbocycles. The average molecular weight is 349 g/mol. The van der Waals surface area contributed by atoms with Crippen LogP contribution in [0.4, 0.5) is 5.95 Å². The van der Waals surface area contributed by atoms with Gasteiger partial charge in [0.15, 0.2) is 0 Å². The van der Waals surface area contributed by atoms with Crippen molar-refractivity contribution in [2.24, 2.45) is 0 Å². The molecule has 0 aliphatic carbocycles. The van der Waals surface area contributed by atoms with Crippen LogP contribution in [0.25, 0.3) is 11.0 Å². The zero-order chi connectivity index (χ0) is 17.9. The molecule has 3 aromatic rings. The number of rotatable bonds is 4. The maximum atomic E-state index is 12.9. The second-order valence-corrected chi connectivity index (χ2v) is 6.22. The molecule has 26 heavy (non-hydrogen) atoms. The van der Waals surface area contributed by atoms with Gasteiger partial charge in [0.25, 0.3) is 5.56 Å². The van der Waals surface area contributed by atoms with E-state index in [-0.39, 0.29) is 12.1 Å². The van der Waals surface area contributed by atoms with Crippen molar-refractivity contribution in [3.63, 3.8) is 0 Å². The Kier molecular flexibility index (Phi) is 4.37. The molecule has 1 N–H and O–H groups in total. The van der Waals surface area contributed by atoms with E-state index >= 15 is 0 Å². The monoisotopic (exact) mass is 349 g/mol. The lowest BCUT2D eigenvalue weighted by atomic mass is 10.2. The van der Waals surface area contributed by atoms with Crippen LogP contribution in [-0.4, -0.2) is 45.5 Å². The quantitative estimate of drug-likeness (QED) is 0.741. The van der Waals surface area contributed by atoms with Crippen molar-refractivity contribution in [3.8, 4) is 6.07 Å². The highest BCUT2D eigenvalue weighted by atomic mass is 16.1. The highest BCUT2D eigenvalue weighted by Gasteiger charge is 2.22. The number of nitrogens with one attached hydrogen (secondary N) is 1. The molecule has 0 amide bonds. The first-order chi connectivity index (χ1) is 12.8. The first kappa shape index (κ1) is 16.3. The van der Waals surface area contributed by atoms with Gasteiger partial charge >= 0.3 is 0 Å². The predicted octanol–water partition coefficient (Wildman–Crippen LogP) is 0.574. The Morgan fingerprint density at radius 1 is 1.19 bits per heavy atom. The molecule has 132 valence electrons. The molecule has 1 aliphatic heterocycles. The van der Waals surface area contributed by atoms with Gasteiger partial charge in [-0.25, -0.2) is 9.67 Å². The summed E-state index contributed by atoms with van der Waals surface area (Å²) < 4.78 is 3.14. The largest absolute Gasteiger partial charge is 0.340 e. The van der Waals surface area contributed by atoms with Crippen LogP contribution in [-0.2, 0) is 13.1 Å². The van der Waals surface area contributed by atoms with E-state index in [0.717, 1.165) is 37.7 Å². The van der Waals surface area contributed by atoms with E-state index in [1.54, 1.807) is 6.20 Å². The Morgan fingerprint density at radius 3 is 2.69 bits per heavy atom. The van der Waals surface area contributed by atoms with E-state index in [1.165, 1.54) is 4.68 Å². The molecule has 4 rings (SSSR count). The maximum absolute atomic E-state index is 12.9. The molecule has 0 unspecified atom stereocenters. The molecule has 0 radical (unpaired) electrons. The lowest BCUT2D eigenvalue weighted by Gasteiger charge is -2.28. The van der Waals surface area contributed by atoms with Gasteiger partial charge in [0.05, 0.1) is 18.8 Å². The Balaban J connectivity index is 1.89. The van der Waals surface area contributed by atoms with E-state index in [9.17, 15) is 4.79 Å². The summed E-state index contributed by atoms with van der Waals surface area (Å²) in [5.74, 6) is 0.777. The van der Waals surface area contributed by atoms with Gasteiger partial charge in [-0.05, 0) is 5.56 Å². The molecule has 8 heteroatoms. The van der Waals surface area contributed by atoms with Gasteiger partial charge in [-0.2, -0.15) is 10.4 Å². The van der Waals surface area contributed by atoms with Crippen LogP contribution in [0, 0.1) is 11.3 Å². The highest BCUT2D eigenvalue weighted by Crippen LogP contribution is 2.22. The number of nitrogens with zero attached hydrogens (tertiary/aromatic N) is 6. The van der Waals surface area contributed by atoms with Crippen molar-refractivity contribution < 1.29 is 0 Å². The first-order valence-electron chi connectivity index (χ1n) is 8.61. The lowest BCUT2D eigenvalue weighted by Crippen LogP contribution is -2.44. The fourth-order valence-electron chi connectivity index (χ4n) is 3.28. The topological polar surface area (TPSA) is 91.8 Å². The molecule has 0 atom stereocenters. The molecular weight excluding hydrogens is 330 g/mol. The minimum Gasteiger partial charge on any atom is -0.340 e. The van der Waals surface area contributed by atoms with Crippen LogP contribution in [0.15, 0.2) is 41.3 Å². The molecule has 1 aliphatic rings. The first-order valence-corrected chi connectivity index (χ1v) is 8.61. The van der Waals surface area contributed by atoms with E-state index in [0.29, 0.717) is 17.6 Å². The summed E-state index contributed by atoms with van der Waals surface area (Å²) in [6.07, 6.45) is 1.57. The smallest absolute Gasteiger partial charge is 0.293 e. The van der Waals surface area contributed by atoms with Crippen LogP contribution in [0.2, 0.25) is 0 Å². The number of fused-ring (bicyclic) bond motifs is 1. The third kappa shape index (κ3) is 2.93. The number of anilines is 1. The summed E-state index contributed by atoms with van der Waals surface area (Å²) in [6, 6.07) is 12.0. The highest BCUT2D eigenvalue weighted by molar-refractivity contribution is 5.77. The van der Waals surface area contributed by atoms with E-state index in [1.807, 2.05) is 41.0 Å². The molecule has 8 nitrogen and oxygen atoms in total. The minimum atomic E-state index is -0.283. The molecule has 3 heterocycles. The minimum absolute atomic E-state index is 0.0751. The van der Waals surface area contributed by atoms with Crippen LogP contribution in [0.1, 0.15) is 5.56 Å². The summed E-state index contributed by atoms with van der Waals surface area (Å²) in [7, 11) is 0. The predicted molar refractivity (Wildman–Crippen MR) is 98.0 cm³/mol. The Labute approximate surface area is 150 Å². The molecule has 0 bridgehead atoms. The van der Waals surface area contributed by atoms with Gasteiger partial charge in [-0.1, -0.05) is 30.3 Å². The third-order valence-corrected chi connectivity index (χ3v) is 4.53. The van der Waals surface area contributed by atoms with Crippen molar-refractivity contribution in [2.45, 2.75) is 13.1 Å². The van der Waals surface area contributed by atoms with E-state index < -0.39 is 0 Å². The standard InChI is InChI=1S/C18H19N7O/c19-6-9-25-17(26)16-15(12-21-25)22-18(23-10-7-20-8-11-23)24(16)13-14-4-2-1-3-5-14/h1-5,12,20H,7-11,13H2. The van der Waals surface area contributed by atoms with Gasteiger partial charge in [-0.15, -0.1) is 0 Å². The van der Waals surface area contributed by atoms with E-state index in [4.69, 9.17) is 10.2 Å². The van der Waals surface area contributed by atoms with Crippen molar-refractivity contribution in [2.75, 3.05) is 31.1 Å². The molecule has 1 saturated heterocycles. The number of benzene rings is 1. The summed E-state index contributed by atoms with van der Waals surface area (Å²) in [6.45, 7) is 3.89. The summed E-state index contributed by atoms with van der Waals surface area (Å²) in [5, 5.41) is 16.4. The number of piperazine rings is 1. The zero-order valence-corrected chi connectivity index (χ0v) is 14.3. The second-order valence-electron chi connectivity index (χ2n) is 6.22. The summed E-state index contributed by atoms with van der Waals surface area (Å²) >= 11 is 0. The van der Waals surface area contributed by atoms with E-state index in [2.05, 4.69) is 15.3 Å². The van der Waals surface area contributed by atoms with Gasteiger partial charge in [-0.3, -0.25) is 4.79 Å². The van der Waals surface area contributed by atoms with Crippen molar-refractivity contribution in [1.29, 1.82) is 5.26 Å². The van der Waals surface area contributed by atoms with Crippen molar-refractivity contribution in [3.05, 3.63) is 52.4 Å². The number of aromatic nitrogens is 4. The molecule has 0 spiro atoms. The van der Waals surface area contributed by atoms with Gasteiger partial charge in [0.2, 0.25) is 5.95 Å². The Bertz CT molecular complexity index is 1010. The van der Waals surface area contributed by atoms with Crippen LogP contribution in [0.5, 0.6) is 0 Å². The van der Waals surface area contributed by atoms with Gasteiger partial charge in [0.1, 0.15) is 17.6 Å². The number of nitriles is 1. The zero-order valence-electron chi connectivity index (χ0n) is 14.3. The lowest BCUT2D eigenvalue weighted by molar-refractivity contribution is 0.571.